The summed E-state index contributed by atoms with van der Waals surface area (Å²) in [6, 6.07) is 9.00. The number of halogens is 3. The van der Waals surface area contributed by atoms with Crippen LogP contribution in [0.4, 0.5) is 30.6 Å². The first kappa shape index (κ1) is 26.1. The number of aromatic nitrogens is 3. The van der Waals surface area contributed by atoms with Gasteiger partial charge in [-0.2, -0.15) is 13.2 Å². The van der Waals surface area contributed by atoms with Crippen molar-refractivity contribution >= 4 is 34.1 Å². The monoisotopic (exact) mass is 543 g/mol. The van der Waals surface area contributed by atoms with Crippen LogP contribution in [0.5, 0.6) is 0 Å². The Bertz CT molecular complexity index is 1340. The SMILES string of the molecule is C=C(c1ccnc(NS(C)=O)c1)N1CCC(N2Cc3cnc(Nc4ccc(C(F)(F)F)cc4)nc3C2)CC1. The van der Waals surface area contributed by atoms with Gasteiger partial charge in [-0.1, -0.05) is 6.58 Å². The molecule has 1 fully saturated rings. The van der Waals surface area contributed by atoms with Crippen LogP contribution in [0.2, 0.25) is 0 Å². The van der Waals surface area contributed by atoms with Crippen LogP contribution >= 0.6 is 0 Å². The minimum atomic E-state index is -4.37. The van der Waals surface area contributed by atoms with Crippen molar-refractivity contribution in [2.24, 2.45) is 0 Å². The Balaban J connectivity index is 1.16. The molecule has 0 spiro atoms. The summed E-state index contributed by atoms with van der Waals surface area (Å²) in [6.45, 7) is 7.50. The quantitative estimate of drug-likeness (QED) is 0.443. The van der Waals surface area contributed by atoms with Gasteiger partial charge in [0.25, 0.3) is 0 Å². The molecule has 2 aliphatic rings. The molecule has 8 nitrogen and oxygen atoms in total. The van der Waals surface area contributed by atoms with Crippen molar-refractivity contribution in [3.8, 4) is 0 Å². The first-order valence-electron chi connectivity index (χ1n) is 12.2. The van der Waals surface area contributed by atoms with E-state index in [1.807, 2.05) is 12.1 Å². The summed E-state index contributed by atoms with van der Waals surface area (Å²) < 4.78 is 52.7. The molecular weight excluding hydrogens is 515 g/mol. The van der Waals surface area contributed by atoms with Crippen LogP contribution in [0.1, 0.15) is 35.2 Å². The number of pyridine rings is 1. The van der Waals surface area contributed by atoms with E-state index in [9.17, 15) is 17.4 Å². The van der Waals surface area contributed by atoms with E-state index in [-0.39, 0.29) is 0 Å². The standard InChI is InChI=1S/C26H28F3N7OS/c1-17(18-7-10-30-24(13-18)34-38(2)37)35-11-8-22(9-12-35)36-15-19-14-31-25(33-23(19)16-36)32-21-5-3-20(4-6-21)26(27,28)29/h3-7,10,13-14,22H,1,8-9,11-12,15-16H2,2H3,(H,30,34)(H,31,32,33). The fraction of sp³-hybridized carbons (Fsp3) is 0.346. The molecule has 1 saturated heterocycles. The number of likely N-dealkylation sites (tertiary alicyclic amines) is 1. The van der Waals surface area contributed by atoms with Gasteiger partial charge in [0.15, 0.2) is 0 Å². The smallest absolute Gasteiger partial charge is 0.371 e. The van der Waals surface area contributed by atoms with Crippen LogP contribution in [0.25, 0.3) is 5.70 Å². The molecule has 1 atom stereocenters. The largest absolute Gasteiger partial charge is 0.416 e. The van der Waals surface area contributed by atoms with Crippen molar-refractivity contribution in [2.75, 3.05) is 29.4 Å². The summed E-state index contributed by atoms with van der Waals surface area (Å²) in [6.07, 6.45) is 2.63. The number of rotatable bonds is 7. The lowest BCUT2D eigenvalue weighted by molar-refractivity contribution is -0.137. The van der Waals surface area contributed by atoms with Crippen molar-refractivity contribution in [3.05, 3.63) is 77.8 Å². The van der Waals surface area contributed by atoms with Gasteiger partial charge in [0, 0.05) is 73.4 Å². The Labute approximate surface area is 221 Å². The summed E-state index contributed by atoms with van der Waals surface area (Å²) in [5.74, 6) is 0.928. The van der Waals surface area contributed by atoms with Crippen LogP contribution in [0.3, 0.4) is 0 Å². The second-order valence-electron chi connectivity index (χ2n) is 9.42. The second-order valence-corrected chi connectivity index (χ2v) is 10.5. The molecule has 0 aliphatic carbocycles. The summed E-state index contributed by atoms with van der Waals surface area (Å²) in [5, 5.41) is 3.00. The van der Waals surface area contributed by atoms with E-state index < -0.39 is 22.7 Å². The van der Waals surface area contributed by atoms with Crippen molar-refractivity contribution in [3.63, 3.8) is 0 Å². The minimum Gasteiger partial charge on any atom is -0.371 e. The van der Waals surface area contributed by atoms with E-state index in [0.29, 0.717) is 30.0 Å². The highest BCUT2D eigenvalue weighted by molar-refractivity contribution is 7.85. The van der Waals surface area contributed by atoms with E-state index in [1.54, 1.807) is 18.6 Å². The molecule has 0 radical (unpaired) electrons. The first-order valence-corrected chi connectivity index (χ1v) is 13.7. The van der Waals surface area contributed by atoms with Gasteiger partial charge in [0.1, 0.15) is 16.8 Å². The van der Waals surface area contributed by atoms with E-state index in [1.165, 1.54) is 12.1 Å². The van der Waals surface area contributed by atoms with Crippen molar-refractivity contribution in [1.29, 1.82) is 0 Å². The van der Waals surface area contributed by atoms with Crippen molar-refractivity contribution < 1.29 is 17.4 Å². The fourth-order valence-electron chi connectivity index (χ4n) is 4.86. The topological polar surface area (TPSA) is 86.3 Å². The number of nitrogens with zero attached hydrogens (tertiary/aromatic N) is 5. The second kappa shape index (κ2) is 10.7. The molecule has 2 N–H and O–H groups in total. The Morgan fingerprint density at radius 2 is 1.84 bits per heavy atom. The molecule has 5 rings (SSSR count). The van der Waals surface area contributed by atoms with Gasteiger partial charge in [0.2, 0.25) is 5.95 Å². The molecule has 0 bridgehead atoms. The summed E-state index contributed by atoms with van der Waals surface area (Å²) >= 11 is 0. The third-order valence-corrected chi connectivity index (χ3v) is 7.35. The lowest BCUT2D eigenvalue weighted by Gasteiger charge is -2.38. The molecule has 3 aromatic rings. The van der Waals surface area contributed by atoms with Crippen LogP contribution in [-0.4, -0.2) is 54.3 Å². The number of hydrogen-bond donors (Lipinski definition) is 2. The van der Waals surface area contributed by atoms with Crippen LogP contribution in [0.15, 0.2) is 55.4 Å². The zero-order chi connectivity index (χ0) is 26.9. The highest BCUT2D eigenvalue weighted by Gasteiger charge is 2.31. The molecule has 4 heterocycles. The average molecular weight is 544 g/mol. The third-order valence-electron chi connectivity index (χ3n) is 6.85. The van der Waals surface area contributed by atoms with E-state index in [0.717, 1.165) is 67.1 Å². The summed E-state index contributed by atoms with van der Waals surface area (Å²) in [4.78, 5) is 17.9. The molecule has 1 unspecified atom stereocenters. The number of fused-ring (bicyclic) bond motifs is 1. The van der Waals surface area contributed by atoms with Crippen molar-refractivity contribution in [1.82, 2.24) is 24.8 Å². The number of anilines is 3. The summed E-state index contributed by atoms with van der Waals surface area (Å²) in [5.41, 5.74) is 3.68. The van der Waals surface area contributed by atoms with Crippen LogP contribution in [-0.2, 0) is 30.3 Å². The van der Waals surface area contributed by atoms with Gasteiger partial charge in [-0.15, -0.1) is 0 Å². The van der Waals surface area contributed by atoms with Crippen molar-refractivity contribution in [2.45, 2.75) is 38.1 Å². The molecule has 1 aromatic carbocycles. The molecule has 2 aliphatic heterocycles. The van der Waals surface area contributed by atoms with Crippen LogP contribution in [0, 0.1) is 0 Å². The van der Waals surface area contributed by atoms with Crippen LogP contribution < -0.4 is 10.0 Å². The number of piperidine rings is 1. The van der Waals surface area contributed by atoms with Gasteiger partial charge in [-0.3, -0.25) is 9.62 Å². The molecule has 12 heteroatoms. The molecule has 0 amide bonds. The zero-order valence-electron chi connectivity index (χ0n) is 20.8. The van der Waals surface area contributed by atoms with E-state index in [4.69, 9.17) is 0 Å². The Morgan fingerprint density at radius 1 is 1.11 bits per heavy atom. The Kier molecular flexibility index (Phi) is 7.35. The highest BCUT2D eigenvalue weighted by atomic mass is 32.2. The molecule has 0 saturated carbocycles. The minimum absolute atomic E-state index is 0.370. The number of benzene rings is 1. The zero-order valence-corrected chi connectivity index (χ0v) is 21.6. The normalized spacial score (nSPS) is 17.2. The van der Waals surface area contributed by atoms with E-state index >= 15 is 0 Å². The lowest BCUT2D eigenvalue weighted by atomic mass is 10.0. The fourth-order valence-corrected chi connectivity index (χ4v) is 5.27. The average Bonchev–Trinajstić information content (AvgIpc) is 3.31. The predicted molar refractivity (Wildman–Crippen MR) is 142 cm³/mol. The third kappa shape index (κ3) is 5.97. The van der Waals surface area contributed by atoms with Gasteiger partial charge in [-0.25, -0.2) is 19.2 Å². The van der Waals surface area contributed by atoms with Gasteiger partial charge in [0.05, 0.1) is 11.3 Å². The number of nitrogens with one attached hydrogen (secondary N) is 2. The maximum atomic E-state index is 12.8. The Hall–Kier alpha value is -3.51. The molecular formula is C26H28F3N7OS. The van der Waals surface area contributed by atoms with Gasteiger partial charge in [-0.05, 0) is 49.2 Å². The molecule has 200 valence electrons. The maximum Gasteiger partial charge on any atom is 0.416 e. The van der Waals surface area contributed by atoms with E-state index in [2.05, 4.69) is 41.4 Å². The molecule has 2 aromatic heterocycles. The number of hydrogen-bond acceptors (Lipinski definition) is 7. The maximum absolute atomic E-state index is 12.8. The summed E-state index contributed by atoms with van der Waals surface area (Å²) in [7, 11) is -1.19. The molecule has 38 heavy (non-hydrogen) atoms. The highest BCUT2D eigenvalue weighted by Crippen LogP contribution is 2.32. The lowest BCUT2D eigenvalue weighted by Crippen LogP contribution is -2.42. The van der Waals surface area contributed by atoms with Gasteiger partial charge >= 0.3 is 6.18 Å². The first-order chi connectivity index (χ1) is 18.2. The Morgan fingerprint density at radius 3 is 2.53 bits per heavy atom. The number of alkyl halides is 3. The van der Waals surface area contributed by atoms with Gasteiger partial charge < -0.3 is 10.2 Å². The predicted octanol–water partition coefficient (Wildman–Crippen LogP) is 4.79.